The Balaban J connectivity index is 2.15. The first-order chi connectivity index (χ1) is 10.7. The number of ether oxygens (including phenoxy) is 2. The summed E-state index contributed by atoms with van der Waals surface area (Å²) in [5.41, 5.74) is 2.32. The van der Waals surface area contributed by atoms with E-state index in [-0.39, 0.29) is 12.1 Å². The zero-order valence-electron chi connectivity index (χ0n) is 14.4. The van der Waals surface area contributed by atoms with Gasteiger partial charge in [0.05, 0.1) is 42.1 Å². The van der Waals surface area contributed by atoms with Crippen molar-refractivity contribution < 1.29 is 14.3 Å². The smallest absolute Gasteiger partial charge is 0.322 e. The lowest BCUT2D eigenvalue weighted by Crippen LogP contribution is -2.56. The van der Waals surface area contributed by atoms with Crippen LogP contribution in [0.15, 0.2) is 12.1 Å². The third-order valence-corrected chi connectivity index (χ3v) is 4.35. The molecule has 1 heterocycles. The molecule has 1 atom stereocenters. The van der Waals surface area contributed by atoms with Gasteiger partial charge in [-0.1, -0.05) is 17.7 Å². The quantitative estimate of drug-likeness (QED) is 0.914. The lowest BCUT2D eigenvalue weighted by Gasteiger charge is -2.42. The Labute approximate surface area is 142 Å². The first kappa shape index (κ1) is 18.0. The monoisotopic (exact) mass is 340 g/mol. The van der Waals surface area contributed by atoms with Crippen LogP contribution in [-0.4, -0.2) is 49.4 Å². The lowest BCUT2D eigenvalue weighted by molar-refractivity contribution is -0.141. The van der Waals surface area contributed by atoms with Gasteiger partial charge in [0, 0.05) is 7.11 Å². The van der Waals surface area contributed by atoms with Gasteiger partial charge in [-0.05, 0) is 44.9 Å². The largest absolute Gasteiger partial charge is 0.382 e. The molecular formula is C17H25ClN2O3. The van der Waals surface area contributed by atoms with Crippen molar-refractivity contribution in [2.45, 2.75) is 39.4 Å². The average molecular weight is 341 g/mol. The molecule has 2 amide bonds. The maximum Gasteiger partial charge on any atom is 0.322 e. The van der Waals surface area contributed by atoms with Crippen LogP contribution in [0.4, 0.5) is 10.5 Å². The van der Waals surface area contributed by atoms with Crippen molar-refractivity contribution >= 4 is 23.3 Å². The van der Waals surface area contributed by atoms with Crippen LogP contribution in [0.3, 0.4) is 0 Å². The van der Waals surface area contributed by atoms with Crippen molar-refractivity contribution in [1.82, 2.24) is 4.90 Å². The summed E-state index contributed by atoms with van der Waals surface area (Å²) < 4.78 is 11.1. The number of urea groups is 1. The maximum absolute atomic E-state index is 12.7. The second kappa shape index (κ2) is 7.07. The second-order valence-electron chi connectivity index (χ2n) is 6.63. The molecular weight excluding hydrogens is 316 g/mol. The number of amides is 2. The van der Waals surface area contributed by atoms with Crippen LogP contribution in [0.25, 0.3) is 0 Å². The molecule has 1 aliphatic heterocycles. The van der Waals surface area contributed by atoms with Crippen molar-refractivity contribution in [3.63, 3.8) is 0 Å². The standard InChI is InChI=1S/C17H25ClN2O3/c1-11-6-7-14(18)15(12(11)2)19-16(21)20-8-13(9-22-5)23-17(3,4)10-20/h6-7,13H,8-10H2,1-5H3,(H,19,21)/t13-/m0/s1. The predicted molar refractivity (Wildman–Crippen MR) is 92.3 cm³/mol. The summed E-state index contributed by atoms with van der Waals surface area (Å²) in [7, 11) is 1.63. The van der Waals surface area contributed by atoms with E-state index in [1.807, 2.05) is 33.8 Å². The number of hydrogen-bond donors (Lipinski definition) is 1. The van der Waals surface area contributed by atoms with Crippen LogP contribution in [-0.2, 0) is 9.47 Å². The molecule has 1 aromatic rings. The van der Waals surface area contributed by atoms with Crippen LogP contribution in [0.1, 0.15) is 25.0 Å². The number of aryl methyl sites for hydroxylation is 1. The number of anilines is 1. The van der Waals surface area contributed by atoms with Crippen LogP contribution >= 0.6 is 11.6 Å². The summed E-state index contributed by atoms with van der Waals surface area (Å²) in [5.74, 6) is 0. The number of benzene rings is 1. The van der Waals surface area contributed by atoms with Crippen LogP contribution in [0.2, 0.25) is 5.02 Å². The van der Waals surface area contributed by atoms with Gasteiger partial charge >= 0.3 is 6.03 Å². The molecule has 1 fully saturated rings. The Morgan fingerprint density at radius 2 is 2.17 bits per heavy atom. The van der Waals surface area contributed by atoms with Crippen LogP contribution < -0.4 is 5.32 Å². The summed E-state index contributed by atoms with van der Waals surface area (Å²) >= 11 is 6.24. The normalized spacial score (nSPS) is 20.4. The molecule has 0 bridgehead atoms. The number of nitrogens with zero attached hydrogens (tertiary/aromatic N) is 1. The van der Waals surface area contributed by atoms with Crippen LogP contribution in [0.5, 0.6) is 0 Å². The first-order valence-corrected chi connectivity index (χ1v) is 8.09. The highest BCUT2D eigenvalue weighted by atomic mass is 35.5. The minimum atomic E-state index is -0.412. The summed E-state index contributed by atoms with van der Waals surface area (Å²) in [5, 5.41) is 3.49. The van der Waals surface area contributed by atoms with Gasteiger partial charge < -0.3 is 19.7 Å². The third kappa shape index (κ3) is 4.37. The highest BCUT2D eigenvalue weighted by Crippen LogP contribution is 2.29. The highest BCUT2D eigenvalue weighted by Gasteiger charge is 2.35. The van der Waals surface area contributed by atoms with E-state index in [1.54, 1.807) is 18.1 Å². The minimum absolute atomic E-state index is 0.136. The molecule has 0 aromatic heterocycles. The molecule has 128 valence electrons. The molecule has 5 nitrogen and oxygen atoms in total. The number of methoxy groups -OCH3 is 1. The third-order valence-electron chi connectivity index (χ3n) is 4.04. The van der Waals surface area contributed by atoms with E-state index < -0.39 is 5.60 Å². The van der Waals surface area contributed by atoms with Gasteiger partial charge in [0.1, 0.15) is 0 Å². The van der Waals surface area contributed by atoms with E-state index in [0.717, 1.165) is 11.1 Å². The fourth-order valence-electron chi connectivity index (χ4n) is 2.85. The number of carbonyl (C=O) groups is 1. The highest BCUT2D eigenvalue weighted by molar-refractivity contribution is 6.34. The number of rotatable bonds is 3. The number of morpholine rings is 1. The molecule has 2 rings (SSSR count). The first-order valence-electron chi connectivity index (χ1n) is 7.72. The summed E-state index contributed by atoms with van der Waals surface area (Å²) in [6.45, 7) is 9.35. The lowest BCUT2D eigenvalue weighted by atomic mass is 10.1. The summed E-state index contributed by atoms with van der Waals surface area (Å²) in [6, 6.07) is 3.58. The number of halogens is 1. The molecule has 23 heavy (non-hydrogen) atoms. The van der Waals surface area contributed by atoms with Gasteiger partial charge in [-0.3, -0.25) is 0 Å². The van der Waals surface area contributed by atoms with Gasteiger partial charge in [-0.2, -0.15) is 0 Å². The molecule has 1 aliphatic rings. The number of carbonyl (C=O) groups excluding carboxylic acids is 1. The Morgan fingerprint density at radius 1 is 1.48 bits per heavy atom. The van der Waals surface area contributed by atoms with Crippen molar-refractivity contribution in [2.24, 2.45) is 0 Å². The molecule has 1 saturated heterocycles. The van der Waals surface area contributed by atoms with E-state index in [4.69, 9.17) is 21.1 Å². The van der Waals surface area contributed by atoms with E-state index in [9.17, 15) is 4.79 Å². The fourth-order valence-corrected chi connectivity index (χ4v) is 3.10. The van der Waals surface area contributed by atoms with Gasteiger partial charge in [-0.15, -0.1) is 0 Å². The molecule has 6 heteroatoms. The van der Waals surface area contributed by atoms with Crippen molar-refractivity contribution in [3.8, 4) is 0 Å². The minimum Gasteiger partial charge on any atom is -0.382 e. The molecule has 1 N–H and O–H groups in total. The summed E-state index contributed by atoms with van der Waals surface area (Å²) in [6.07, 6.45) is -0.136. The zero-order valence-corrected chi connectivity index (χ0v) is 15.2. The molecule has 0 unspecified atom stereocenters. The molecule has 0 aliphatic carbocycles. The molecule has 0 radical (unpaired) electrons. The Morgan fingerprint density at radius 3 is 2.83 bits per heavy atom. The topological polar surface area (TPSA) is 50.8 Å². The SMILES string of the molecule is COC[C@@H]1CN(C(=O)Nc2c(Cl)ccc(C)c2C)CC(C)(C)O1. The second-order valence-corrected chi connectivity index (χ2v) is 7.04. The van der Waals surface area contributed by atoms with Crippen LogP contribution in [0, 0.1) is 13.8 Å². The number of nitrogens with one attached hydrogen (secondary N) is 1. The average Bonchev–Trinajstić information content (AvgIpc) is 2.46. The molecule has 0 spiro atoms. The van der Waals surface area contributed by atoms with E-state index in [0.29, 0.717) is 30.4 Å². The van der Waals surface area contributed by atoms with Gasteiger partial charge in [0.15, 0.2) is 0 Å². The Hall–Kier alpha value is -1.30. The predicted octanol–water partition coefficient (Wildman–Crippen LogP) is 3.61. The molecule has 0 saturated carbocycles. The van der Waals surface area contributed by atoms with Crippen molar-refractivity contribution in [3.05, 3.63) is 28.3 Å². The van der Waals surface area contributed by atoms with Gasteiger partial charge in [0.2, 0.25) is 0 Å². The molecule has 1 aromatic carbocycles. The Bertz CT molecular complexity index is 589. The van der Waals surface area contributed by atoms with Gasteiger partial charge in [-0.25, -0.2) is 4.79 Å². The summed E-state index contributed by atoms with van der Waals surface area (Å²) in [4.78, 5) is 14.4. The number of hydrogen-bond acceptors (Lipinski definition) is 3. The fraction of sp³-hybridized carbons (Fsp3) is 0.588. The van der Waals surface area contributed by atoms with Crippen molar-refractivity contribution in [1.29, 1.82) is 0 Å². The van der Waals surface area contributed by atoms with E-state index in [1.165, 1.54) is 0 Å². The van der Waals surface area contributed by atoms with Crippen molar-refractivity contribution in [2.75, 3.05) is 32.1 Å². The zero-order chi connectivity index (χ0) is 17.2. The van der Waals surface area contributed by atoms with Gasteiger partial charge in [0.25, 0.3) is 0 Å². The van der Waals surface area contributed by atoms with E-state index >= 15 is 0 Å². The van der Waals surface area contributed by atoms with E-state index in [2.05, 4.69) is 5.32 Å². The maximum atomic E-state index is 12.7. The Kier molecular flexibility index (Phi) is 5.55.